The minimum Gasteiger partial charge on any atom is -0.456 e. The van der Waals surface area contributed by atoms with Gasteiger partial charge in [-0.15, -0.1) is 0 Å². The molecule has 0 bridgehead atoms. The molecule has 0 unspecified atom stereocenters. The lowest BCUT2D eigenvalue weighted by Gasteiger charge is -2.45. The summed E-state index contributed by atoms with van der Waals surface area (Å²) < 4.78 is 6.39. The summed E-state index contributed by atoms with van der Waals surface area (Å²) in [5, 5.41) is 4.70. The van der Waals surface area contributed by atoms with Crippen LogP contribution in [0.25, 0.3) is 77.2 Å². The third-order valence-corrected chi connectivity index (χ3v) is 15.7. The monoisotopic (exact) mass is 942 g/mol. The van der Waals surface area contributed by atoms with Gasteiger partial charge in [0.25, 0.3) is 0 Å². The highest BCUT2D eigenvalue weighted by molar-refractivity contribution is 6.13. The van der Waals surface area contributed by atoms with E-state index in [-0.39, 0.29) is 0 Å². The summed E-state index contributed by atoms with van der Waals surface area (Å²) in [5.41, 5.74) is 22.4. The molecule has 0 amide bonds. The maximum atomic E-state index is 6.39. The fraction of sp³-hybridized carbons (Fsp3) is 0.0141. The average Bonchev–Trinajstić information content (AvgIpc) is 4.01. The zero-order valence-corrected chi connectivity index (χ0v) is 40.4. The maximum absolute atomic E-state index is 6.39. The first-order valence-corrected chi connectivity index (χ1v) is 25.5. The van der Waals surface area contributed by atoms with E-state index in [2.05, 4.69) is 283 Å². The third-order valence-electron chi connectivity index (χ3n) is 15.7. The Morgan fingerprint density at radius 3 is 1.62 bits per heavy atom. The van der Waals surface area contributed by atoms with Gasteiger partial charge < -0.3 is 14.2 Å². The van der Waals surface area contributed by atoms with Crippen LogP contribution in [0.1, 0.15) is 22.3 Å². The lowest BCUT2D eigenvalue weighted by molar-refractivity contribution is 0.669. The highest BCUT2D eigenvalue weighted by Crippen LogP contribution is 2.65. The first-order chi connectivity index (χ1) is 36.8. The zero-order valence-electron chi connectivity index (χ0n) is 40.4. The molecule has 0 saturated carbocycles. The third kappa shape index (κ3) is 6.14. The van der Waals surface area contributed by atoms with E-state index in [1.54, 1.807) is 0 Å². The fourth-order valence-corrected chi connectivity index (χ4v) is 12.7. The van der Waals surface area contributed by atoms with Crippen molar-refractivity contribution in [2.75, 3.05) is 9.80 Å². The molecule has 2 heterocycles. The highest BCUT2D eigenvalue weighted by atomic mass is 16.3. The summed E-state index contributed by atoms with van der Waals surface area (Å²) in [5.74, 6) is 0. The van der Waals surface area contributed by atoms with Crippen LogP contribution in [-0.2, 0) is 5.41 Å². The molecule has 12 aromatic carbocycles. The van der Waals surface area contributed by atoms with Gasteiger partial charge in [0.1, 0.15) is 11.2 Å². The van der Waals surface area contributed by atoms with Crippen LogP contribution < -0.4 is 9.80 Å². The molecule has 0 fully saturated rings. The van der Waals surface area contributed by atoms with E-state index < -0.39 is 5.41 Å². The van der Waals surface area contributed by atoms with E-state index in [9.17, 15) is 0 Å². The molecule has 346 valence electrons. The lowest BCUT2D eigenvalue weighted by atomic mass is 9.64. The van der Waals surface area contributed by atoms with Crippen LogP contribution in [-0.4, -0.2) is 0 Å². The van der Waals surface area contributed by atoms with Gasteiger partial charge in [0.2, 0.25) is 0 Å². The first kappa shape index (κ1) is 42.0. The van der Waals surface area contributed by atoms with Crippen LogP contribution in [0.2, 0.25) is 0 Å². The van der Waals surface area contributed by atoms with Crippen molar-refractivity contribution in [1.82, 2.24) is 0 Å². The van der Waals surface area contributed by atoms with Crippen molar-refractivity contribution in [1.29, 1.82) is 0 Å². The minimum atomic E-state index is -0.623. The molecule has 15 rings (SSSR count). The van der Waals surface area contributed by atoms with Crippen LogP contribution in [0.4, 0.5) is 34.1 Å². The predicted molar refractivity (Wildman–Crippen MR) is 308 cm³/mol. The minimum absolute atomic E-state index is 0.623. The molecule has 1 aromatic heterocycles. The number of anilines is 6. The van der Waals surface area contributed by atoms with Crippen LogP contribution in [0, 0.1) is 0 Å². The second-order valence-electron chi connectivity index (χ2n) is 19.4. The Morgan fingerprint density at radius 1 is 0.324 bits per heavy atom. The number of para-hydroxylation sites is 5. The van der Waals surface area contributed by atoms with Gasteiger partial charge in [0.15, 0.2) is 0 Å². The second kappa shape index (κ2) is 16.7. The summed E-state index contributed by atoms with van der Waals surface area (Å²) in [6.07, 6.45) is 0. The molecule has 2 aliphatic rings. The van der Waals surface area contributed by atoms with Gasteiger partial charge >= 0.3 is 0 Å². The van der Waals surface area contributed by atoms with Crippen molar-refractivity contribution >= 4 is 66.8 Å². The highest BCUT2D eigenvalue weighted by Gasteiger charge is 2.52. The normalized spacial score (nSPS) is 12.9. The molecule has 3 heteroatoms. The number of fused-ring (bicyclic) bond motifs is 13. The van der Waals surface area contributed by atoms with E-state index in [0.717, 1.165) is 61.4 Å². The standard InChI is InChI=1S/C71H46N2O/c1-2-23-49(24-3-1)73-64-38-15-12-34-60(64)71(61-35-13-16-39-65(61)73)59-33-11-8-29-57(59)70-62(71)36-20-40-66(70)72(50-45-43-48(44-46-50)52-31-19-42-68-69(52)58-30-10-17-41-67(58)74-68)63-37-14-9-28-56(63)55-27-7-6-26-54(55)53-32-18-22-47-21-4-5-25-51(47)53/h1-46H. The van der Waals surface area contributed by atoms with Crippen molar-refractivity contribution in [2.45, 2.75) is 5.41 Å². The maximum Gasteiger partial charge on any atom is 0.136 e. The van der Waals surface area contributed by atoms with Crippen LogP contribution in [0.15, 0.2) is 283 Å². The molecular weight excluding hydrogens is 897 g/mol. The molecule has 3 nitrogen and oxygen atoms in total. The Kier molecular flexibility index (Phi) is 9.48. The summed E-state index contributed by atoms with van der Waals surface area (Å²) in [6.45, 7) is 0. The van der Waals surface area contributed by atoms with Gasteiger partial charge in [-0.2, -0.15) is 0 Å². The average molecular weight is 943 g/mol. The summed E-state index contributed by atoms with van der Waals surface area (Å²) in [7, 11) is 0. The molecule has 0 atom stereocenters. The number of hydrogen-bond donors (Lipinski definition) is 0. The Balaban J connectivity index is 0.995. The lowest BCUT2D eigenvalue weighted by Crippen LogP contribution is -2.36. The summed E-state index contributed by atoms with van der Waals surface area (Å²) >= 11 is 0. The van der Waals surface area contributed by atoms with Crippen molar-refractivity contribution in [3.05, 3.63) is 301 Å². The van der Waals surface area contributed by atoms with Gasteiger partial charge in [-0.3, -0.25) is 0 Å². The van der Waals surface area contributed by atoms with Gasteiger partial charge in [-0.25, -0.2) is 0 Å². The van der Waals surface area contributed by atoms with E-state index in [4.69, 9.17) is 4.42 Å². The van der Waals surface area contributed by atoms with E-state index in [1.165, 1.54) is 72.2 Å². The predicted octanol–water partition coefficient (Wildman–Crippen LogP) is 19.4. The molecule has 0 N–H and O–H groups in total. The molecule has 1 aliphatic carbocycles. The molecule has 13 aromatic rings. The molecule has 0 saturated heterocycles. The van der Waals surface area contributed by atoms with Crippen molar-refractivity contribution in [3.63, 3.8) is 0 Å². The zero-order chi connectivity index (χ0) is 48.7. The topological polar surface area (TPSA) is 19.6 Å². The van der Waals surface area contributed by atoms with Crippen molar-refractivity contribution < 1.29 is 4.42 Å². The van der Waals surface area contributed by atoms with E-state index in [1.807, 2.05) is 6.07 Å². The summed E-state index contributed by atoms with van der Waals surface area (Å²) in [6, 6.07) is 102. The van der Waals surface area contributed by atoms with Gasteiger partial charge in [0.05, 0.1) is 28.2 Å². The smallest absolute Gasteiger partial charge is 0.136 e. The van der Waals surface area contributed by atoms with Crippen LogP contribution in [0.3, 0.4) is 0 Å². The molecule has 74 heavy (non-hydrogen) atoms. The van der Waals surface area contributed by atoms with Crippen molar-refractivity contribution in [2.24, 2.45) is 0 Å². The van der Waals surface area contributed by atoms with Gasteiger partial charge in [-0.05, 0) is 127 Å². The van der Waals surface area contributed by atoms with Gasteiger partial charge in [-0.1, -0.05) is 218 Å². The van der Waals surface area contributed by atoms with E-state index in [0.29, 0.717) is 0 Å². The Hall–Kier alpha value is -9.70. The summed E-state index contributed by atoms with van der Waals surface area (Å²) in [4.78, 5) is 4.98. The molecule has 1 spiro atoms. The Labute approximate surface area is 430 Å². The second-order valence-corrected chi connectivity index (χ2v) is 19.4. The quantitative estimate of drug-likeness (QED) is 0.159. The fourth-order valence-electron chi connectivity index (χ4n) is 12.7. The number of furan rings is 1. The Morgan fingerprint density at radius 2 is 0.838 bits per heavy atom. The van der Waals surface area contributed by atoms with Crippen LogP contribution >= 0.6 is 0 Å². The number of benzene rings is 12. The van der Waals surface area contributed by atoms with E-state index >= 15 is 0 Å². The number of hydrogen-bond acceptors (Lipinski definition) is 3. The molecule has 0 radical (unpaired) electrons. The first-order valence-electron chi connectivity index (χ1n) is 25.5. The van der Waals surface area contributed by atoms with Crippen molar-refractivity contribution in [3.8, 4) is 44.5 Å². The number of nitrogens with zero attached hydrogens (tertiary/aromatic N) is 2. The van der Waals surface area contributed by atoms with Crippen LogP contribution in [0.5, 0.6) is 0 Å². The SMILES string of the molecule is c1ccc(N2c3ccccc3C3(c4ccccc4-c4c(N(c5ccc(-c6cccc7oc8ccccc8c67)cc5)c5ccccc5-c5ccccc5-c5cccc6ccccc56)cccc43)c3ccccc32)cc1. The Bertz CT molecular complexity index is 4290. The molecule has 1 aliphatic heterocycles. The largest absolute Gasteiger partial charge is 0.456 e. The molecular formula is C71H46N2O. The number of rotatable bonds is 7. The van der Waals surface area contributed by atoms with Gasteiger partial charge in [0, 0.05) is 33.3 Å².